The molecule has 0 unspecified atom stereocenters. The normalized spacial score (nSPS) is 15.8. The standard InChI is InChI=1S/C12H14FNO/c13-10-5-2-6-11(8-10)14-12(15)7-9-3-1-4-9/h2,5-6,8-9H,1,3-4,7H2,(H,14,15). The second-order valence-corrected chi connectivity index (χ2v) is 4.06. The summed E-state index contributed by atoms with van der Waals surface area (Å²) in [6.45, 7) is 0. The Morgan fingerprint density at radius 1 is 1.47 bits per heavy atom. The highest BCUT2D eigenvalue weighted by atomic mass is 19.1. The molecular weight excluding hydrogens is 193 g/mol. The summed E-state index contributed by atoms with van der Waals surface area (Å²) >= 11 is 0. The van der Waals surface area contributed by atoms with E-state index < -0.39 is 0 Å². The van der Waals surface area contributed by atoms with E-state index >= 15 is 0 Å². The van der Waals surface area contributed by atoms with Gasteiger partial charge in [0.05, 0.1) is 0 Å². The fraction of sp³-hybridized carbons (Fsp3) is 0.417. The van der Waals surface area contributed by atoms with Gasteiger partial charge in [-0.3, -0.25) is 4.79 Å². The quantitative estimate of drug-likeness (QED) is 0.811. The van der Waals surface area contributed by atoms with Crippen LogP contribution in [0.2, 0.25) is 0 Å². The number of benzene rings is 1. The van der Waals surface area contributed by atoms with Gasteiger partial charge in [0.1, 0.15) is 5.82 Å². The predicted molar refractivity (Wildman–Crippen MR) is 57.0 cm³/mol. The molecule has 3 heteroatoms. The van der Waals surface area contributed by atoms with Gasteiger partial charge in [-0.05, 0) is 37.0 Å². The van der Waals surface area contributed by atoms with E-state index in [9.17, 15) is 9.18 Å². The summed E-state index contributed by atoms with van der Waals surface area (Å²) in [6.07, 6.45) is 4.10. The van der Waals surface area contributed by atoms with E-state index in [-0.39, 0.29) is 11.7 Å². The number of carbonyl (C=O) groups is 1. The van der Waals surface area contributed by atoms with Crippen molar-refractivity contribution in [3.05, 3.63) is 30.1 Å². The summed E-state index contributed by atoms with van der Waals surface area (Å²) < 4.78 is 12.8. The zero-order valence-corrected chi connectivity index (χ0v) is 8.50. The molecule has 0 aliphatic heterocycles. The third kappa shape index (κ3) is 2.78. The van der Waals surface area contributed by atoms with Crippen molar-refractivity contribution in [2.24, 2.45) is 5.92 Å². The number of anilines is 1. The average Bonchev–Trinajstić information content (AvgIpc) is 2.11. The van der Waals surface area contributed by atoms with Crippen molar-refractivity contribution >= 4 is 11.6 Å². The number of hydrogen-bond donors (Lipinski definition) is 1. The largest absolute Gasteiger partial charge is 0.326 e. The van der Waals surface area contributed by atoms with Crippen LogP contribution in [-0.4, -0.2) is 5.91 Å². The van der Waals surface area contributed by atoms with Crippen molar-refractivity contribution in [2.45, 2.75) is 25.7 Å². The molecule has 80 valence electrons. The smallest absolute Gasteiger partial charge is 0.224 e. The van der Waals surface area contributed by atoms with E-state index in [0.29, 0.717) is 18.0 Å². The predicted octanol–water partition coefficient (Wildman–Crippen LogP) is 2.95. The molecule has 0 heterocycles. The Hall–Kier alpha value is -1.38. The van der Waals surface area contributed by atoms with Crippen molar-refractivity contribution < 1.29 is 9.18 Å². The molecule has 0 saturated heterocycles. The van der Waals surface area contributed by atoms with Crippen LogP contribution in [0.5, 0.6) is 0 Å². The van der Waals surface area contributed by atoms with Crippen LogP contribution in [0, 0.1) is 11.7 Å². The van der Waals surface area contributed by atoms with E-state index in [0.717, 1.165) is 12.8 Å². The van der Waals surface area contributed by atoms with Crippen LogP contribution < -0.4 is 5.32 Å². The van der Waals surface area contributed by atoms with E-state index in [1.165, 1.54) is 18.6 Å². The number of amides is 1. The lowest BCUT2D eigenvalue weighted by Gasteiger charge is -2.24. The number of carbonyl (C=O) groups excluding carboxylic acids is 1. The summed E-state index contributed by atoms with van der Waals surface area (Å²) in [5.74, 6) is 0.209. The maximum absolute atomic E-state index is 12.8. The highest BCUT2D eigenvalue weighted by Crippen LogP contribution is 2.29. The van der Waals surface area contributed by atoms with Gasteiger partial charge in [0.25, 0.3) is 0 Å². The van der Waals surface area contributed by atoms with E-state index in [4.69, 9.17) is 0 Å². The molecule has 1 aliphatic carbocycles. The molecule has 1 saturated carbocycles. The molecule has 1 fully saturated rings. The molecule has 0 bridgehead atoms. The Labute approximate surface area is 88.5 Å². The zero-order valence-electron chi connectivity index (χ0n) is 8.50. The first-order chi connectivity index (χ1) is 7.24. The van der Waals surface area contributed by atoms with E-state index in [1.807, 2.05) is 0 Å². The summed E-state index contributed by atoms with van der Waals surface area (Å²) in [5.41, 5.74) is 0.541. The highest BCUT2D eigenvalue weighted by Gasteiger charge is 2.20. The average molecular weight is 207 g/mol. The van der Waals surface area contributed by atoms with E-state index in [1.54, 1.807) is 12.1 Å². The van der Waals surface area contributed by atoms with Crippen molar-refractivity contribution in [1.29, 1.82) is 0 Å². The monoisotopic (exact) mass is 207 g/mol. The Morgan fingerprint density at radius 2 is 2.27 bits per heavy atom. The Morgan fingerprint density at radius 3 is 2.87 bits per heavy atom. The van der Waals surface area contributed by atoms with Gasteiger partial charge in [-0.2, -0.15) is 0 Å². The highest BCUT2D eigenvalue weighted by molar-refractivity contribution is 5.90. The topological polar surface area (TPSA) is 29.1 Å². The van der Waals surface area contributed by atoms with Crippen LogP contribution in [0.15, 0.2) is 24.3 Å². The fourth-order valence-corrected chi connectivity index (χ4v) is 1.74. The summed E-state index contributed by atoms with van der Waals surface area (Å²) in [4.78, 5) is 11.5. The molecule has 15 heavy (non-hydrogen) atoms. The van der Waals surface area contributed by atoms with Gasteiger partial charge in [-0.1, -0.05) is 12.5 Å². The number of rotatable bonds is 3. The van der Waals surface area contributed by atoms with Gasteiger partial charge < -0.3 is 5.32 Å². The Balaban J connectivity index is 1.87. The SMILES string of the molecule is O=C(CC1CCC1)Nc1cccc(F)c1. The molecule has 2 nitrogen and oxygen atoms in total. The Kier molecular flexibility index (Phi) is 2.99. The van der Waals surface area contributed by atoms with Gasteiger partial charge in [0, 0.05) is 12.1 Å². The van der Waals surface area contributed by atoms with Crippen LogP contribution in [0.1, 0.15) is 25.7 Å². The van der Waals surface area contributed by atoms with Crippen molar-refractivity contribution in [2.75, 3.05) is 5.32 Å². The second kappa shape index (κ2) is 4.43. The molecule has 0 spiro atoms. The number of halogens is 1. The first-order valence-corrected chi connectivity index (χ1v) is 5.29. The van der Waals surface area contributed by atoms with Crippen molar-refractivity contribution in [3.63, 3.8) is 0 Å². The lowest BCUT2D eigenvalue weighted by atomic mass is 9.83. The fourth-order valence-electron chi connectivity index (χ4n) is 1.74. The molecule has 1 aromatic carbocycles. The van der Waals surface area contributed by atoms with Crippen LogP contribution in [0.25, 0.3) is 0 Å². The third-order valence-corrected chi connectivity index (χ3v) is 2.81. The van der Waals surface area contributed by atoms with Crippen LogP contribution in [0.4, 0.5) is 10.1 Å². The number of nitrogens with one attached hydrogen (secondary N) is 1. The zero-order chi connectivity index (χ0) is 10.7. The summed E-state index contributed by atoms with van der Waals surface area (Å²) in [7, 11) is 0. The molecule has 2 rings (SSSR count). The minimum atomic E-state index is -0.323. The molecule has 0 aromatic heterocycles. The summed E-state index contributed by atoms with van der Waals surface area (Å²) in [5, 5.41) is 2.70. The molecule has 1 amide bonds. The van der Waals surface area contributed by atoms with Gasteiger partial charge in [-0.15, -0.1) is 0 Å². The third-order valence-electron chi connectivity index (χ3n) is 2.81. The second-order valence-electron chi connectivity index (χ2n) is 4.06. The minimum Gasteiger partial charge on any atom is -0.326 e. The lowest BCUT2D eigenvalue weighted by molar-refractivity contribution is -0.117. The molecule has 0 atom stereocenters. The van der Waals surface area contributed by atoms with Gasteiger partial charge in [0.15, 0.2) is 0 Å². The lowest BCUT2D eigenvalue weighted by Crippen LogP contribution is -2.20. The Bertz CT molecular complexity index is 360. The number of hydrogen-bond acceptors (Lipinski definition) is 1. The first kappa shape index (κ1) is 10.1. The van der Waals surface area contributed by atoms with Gasteiger partial charge >= 0.3 is 0 Å². The molecule has 1 aromatic rings. The maximum Gasteiger partial charge on any atom is 0.224 e. The van der Waals surface area contributed by atoms with Crippen molar-refractivity contribution in [3.8, 4) is 0 Å². The summed E-state index contributed by atoms with van der Waals surface area (Å²) in [6, 6.07) is 5.98. The first-order valence-electron chi connectivity index (χ1n) is 5.29. The molecular formula is C12H14FNO. The molecule has 1 aliphatic rings. The van der Waals surface area contributed by atoms with Crippen LogP contribution >= 0.6 is 0 Å². The van der Waals surface area contributed by atoms with Crippen LogP contribution in [0.3, 0.4) is 0 Å². The van der Waals surface area contributed by atoms with Crippen molar-refractivity contribution in [1.82, 2.24) is 0 Å². The van der Waals surface area contributed by atoms with Crippen LogP contribution in [-0.2, 0) is 4.79 Å². The maximum atomic E-state index is 12.8. The molecule has 0 radical (unpaired) electrons. The van der Waals surface area contributed by atoms with E-state index in [2.05, 4.69) is 5.32 Å². The molecule has 1 N–H and O–H groups in total. The van der Waals surface area contributed by atoms with Gasteiger partial charge in [0.2, 0.25) is 5.91 Å². The minimum absolute atomic E-state index is 0.00898. The van der Waals surface area contributed by atoms with Gasteiger partial charge in [-0.25, -0.2) is 4.39 Å².